The van der Waals surface area contributed by atoms with E-state index in [-0.39, 0.29) is 57.1 Å². The van der Waals surface area contributed by atoms with Crippen molar-refractivity contribution in [3.63, 3.8) is 0 Å². The lowest BCUT2D eigenvalue weighted by atomic mass is 10.0. The molecule has 2 heterocycles. The van der Waals surface area contributed by atoms with Crippen LogP contribution in [0, 0.1) is 11.8 Å². The summed E-state index contributed by atoms with van der Waals surface area (Å²) in [4.78, 5) is 119. The molecule has 0 bridgehead atoms. The van der Waals surface area contributed by atoms with Gasteiger partial charge in [-0.1, -0.05) is 27.7 Å². The fourth-order valence-corrected chi connectivity index (χ4v) is 6.99. The summed E-state index contributed by atoms with van der Waals surface area (Å²) >= 11 is 0. The summed E-state index contributed by atoms with van der Waals surface area (Å²) in [6.45, 7) is 5.35. The van der Waals surface area contributed by atoms with Crippen LogP contribution in [-0.4, -0.2) is 165 Å². The summed E-state index contributed by atoms with van der Waals surface area (Å²) in [7, 11) is 0. The number of aromatic nitrogens is 2. The quantitative estimate of drug-likeness (QED) is 0.0204. The van der Waals surface area contributed by atoms with Gasteiger partial charge < -0.3 is 80.0 Å². The first kappa shape index (κ1) is 55.2. The highest BCUT2D eigenvalue weighted by Crippen LogP contribution is 2.20. The molecule has 1 aliphatic heterocycles. The average Bonchev–Trinajstić information content (AvgIpc) is 3.96. The summed E-state index contributed by atoms with van der Waals surface area (Å²) in [5.74, 6) is -7.98. The number of aliphatic imine (C=N–C) groups is 1. The predicted octanol–water partition coefficient (Wildman–Crippen LogP) is -4.87. The molecule has 1 aromatic heterocycles. The van der Waals surface area contributed by atoms with Crippen molar-refractivity contribution < 1.29 is 53.7 Å². The normalized spacial score (nSPS) is 16.8. The van der Waals surface area contributed by atoms with Crippen LogP contribution in [0.15, 0.2) is 17.5 Å². The van der Waals surface area contributed by atoms with Gasteiger partial charge in [0.15, 0.2) is 5.96 Å². The Bertz CT molecular complexity index is 1760. The lowest BCUT2D eigenvalue weighted by Gasteiger charge is -2.29. The number of carbonyl (C=O) groups excluding carboxylic acids is 7. The Morgan fingerprint density at radius 1 is 0.800 bits per heavy atom. The van der Waals surface area contributed by atoms with Crippen LogP contribution < -0.4 is 54.8 Å². The van der Waals surface area contributed by atoms with Gasteiger partial charge in [-0.15, -0.1) is 0 Å². The van der Waals surface area contributed by atoms with Crippen molar-refractivity contribution in [2.24, 2.45) is 39.8 Å². The molecule has 25 nitrogen and oxygen atoms in total. The fourth-order valence-electron chi connectivity index (χ4n) is 6.99. The van der Waals surface area contributed by atoms with Gasteiger partial charge in [0, 0.05) is 31.4 Å². The Morgan fingerprint density at radius 3 is 1.89 bits per heavy atom. The first-order valence-electron chi connectivity index (χ1n) is 21.8. The fraction of sp³-hybridized carbons (Fsp3) is 0.700. The zero-order valence-corrected chi connectivity index (χ0v) is 37.6. The Kier molecular flexibility index (Phi) is 23.9. The molecule has 25 heteroatoms. The minimum absolute atomic E-state index is 0.0450. The molecule has 366 valence electrons. The van der Waals surface area contributed by atoms with E-state index in [4.69, 9.17) is 22.9 Å². The highest BCUT2D eigenvalue weighted by molar-refractivity contribution is 5.97. The van der Waals surface area contributed by atoms with E-state index in [1.54, 1.807) is 33.9 Å². The van der Waals surface area contributed by atoms with Gasteiger partial charge in [-0.05, 0) is 69.7 Å². The largest absolute Gasteiger partial charge is 0.480 e. The third-order valence-corrected chi connectivity index (χ3v) is 10.5. The van der Waals surface area contributed by atoms with Crippen LogP contribution in [0.4, 0.5) is 0 Å². The molecule has 0 spiro atoms. The molecule has 8 atom stereocenters. The zero-order valence-electron chi connectivity index (χ0n) is 37.6. The zero-order chi connectivity index (χ0) is 48.8. The topological polar surface area (TPSA) is 418 Å². The number of aromatic amines is 1. The predicted molar refractivity (Wildman–Crippen MR) is 236 cm³/mol. The number of H-pyrrole nitrogens is 1. The van der Waals surface area contributed by atoms with Gasteiger partial charge in [0.1, 0.15) is 42.3 Å². The van der Waals surface area contributed by atoms with Gasteiger partial charge in [-0.25, -0.2) is 9.78 Å². The van der Waals surface area contributed by atoms with E-state index in [0.717, 1.165) is 0 Å². The number of nitrogens with two attached hydrogens (primary N) is 4. The van der Waals surface area contributed by atoms with E-state index in [1.165, 1.54) is 11.2 Å². The Hall–Kier alpha value is -5.92. The Morgan fingerprint density at radius 2 is 1.35 bits per heavy atom. The molecule has 1 aromatic rings. The number of imidazole rings is 1. The standard InChI is InChI=1S/C40H70N14O11/c1-21(2)15-27(39(64)65)50-34(59)28(18-55)52-37(62)31(22(3)4)53-35(60)29(19-56)51-33(58)26(10-7-13-46-40(43)44)48-32(57)25(9-5-6-12-41)49-36(61)30-11-8-14-54(30)38(63)24(42)16-23-17-45-20-47-23/h17,20-22,24-31,55-56H,5-16,18-19,41-42H2,1-4H3,(H,45,47)(H,48,57)(H,49,61)(H,50,59)(H,51,58)(H,52,62)(H,53,60)(H,64,65)(H4,43,44,46)/t24-,25-,26-,27-,28-,29-,30-,31-/m0/s1. The van der Waals surface area contributed by atoms with Crippen LogP contribution in [0.25, 0.3) is 0 Å². The number of rotatable bonds is 29. The molecule has 7 amide bonds. The van der Waals surface area contributed by atoms with Crippen molar-refractivity contribution in [1.29, 1.82) is 0 Å². The summed E-state index contributed by atoms with van der Waals surface area (Å²) in [6.07, 6.45) is 5.13. The van der Waals surface area contributed by atoms with Crippen molar-refractivity contribution in [1.82, 2.24) is 46.8 Å². The summed E-state index contributed by atoms with van der Waals surface area (Å²) < 4.78 is 0. The van der Waals surface area contributed by atoms with Gasteiger partial charge in [-0.3, -0.25) is 38.6 Å². The third-order valence-electron chi connectivity index (χ3n) is 10.5. The molecule has 1 saturated heterocycles. The van der Waals surface area contributed by atoms with Crippen LogP contribution >= 0.6 is 0 Å². The molecule has 0 unspecified atom stereocenters. The van der Waals surface area contributed by atoms with Gasteiger partial charge in [0.25, 0.3) is 0 Å². The average molecular weight is 923 g/mol. The third kappa shape index (κ3) is 18.6. The molecular weight excluding hydrogens is 853 g/mol. The van der Waals surface area contributed by atoms with Crippen molar-refractivity contribution >= 4 is 53.3 Å². The number of hydrogen-bond donors (Lipinski definition) is 14. The minimum Gasteiger partial charge on any atom is -0.480 e. The van der Waals surface area contributed by atoms with Gasteiger partial charge in [0.05, 0.1) is 25.6 Å². The van der Waals surface area contributed by atoms with E-state index in [1.807, 2.05) is 0 Å². The number of guanidine groups is 1. The smallest absolute Gasteiger partial charge is 0.326 e. The number of carbonyl (C=O) groups is 8. The number of aliphatic carboxylic acids is 1. The van der Waals surface area contributed by atoms with E-state index < -0.39 is 115 Å². The molecular formula is C40H70N14O11. The number of nitrogens with one attached hydrogen (secondary N) is 7. The maximum Gasteiger partial charge on any atom is 0.326 e. The molecule has 18 N–H and O–H groups in total. The molecule has 2 rings (SSSR count). The highest BCUT2D eigenvalue weighted by atomic mass is 16.4. The molecule has 0 radical (unpaired) electrons. The Balaban J connectivity index is 2.25. The minimum atomic E-state index is -1.68. The second-order valence-corrected chi connectivity index (χ2v) is 16.7. The number of aliphatic hydroxyl groups excluding tert-OH is 2. The van der Waals surface area contributed by atoms with Crippen molar-refractivity contribution in [3.05, 3.63) is 18.2 Å². The second-order valence-electron chi connectivity index (χ2n) is 16.7. The first-order chi connectivity index (χ1) is 30.7. The molecule has 1 aliphatic rings. The van der Waals surface area contributed by atoms with E-state index in [0.29, 0.717) is 37.9 Å². The SMILES string of the molecule is CC(C)C[C@H](NC(=O)[C@H](CO)NC(=O)[C@@H](NC(=O)[C@H](CO)NC(=O)[C@H](CCCN=C(N)N)NC(=O)[C@H](CCCCN)NC(=O)[C@@H]1CCCN1C(=O)[C@@H](N)Cc1cnc[nH]1)C(C)C)C(=O)O. The van der Waals surface area contributed by atoms with Gasteiger partial charge >= 0.3 is 5.97 Å². The first-order valence-corrected chi connectivity index (χ1v) is 21.8. The molecule has 0 aliphatic carbocycles. The number of hydrogen-bond acceptors (Lipinski definition) is 14. The van der Waals surface area contributed by atoms with Gasteiger partial charge in [0.2, 0.25) is 41.4 Å². The van der Waals surface area contributed by atoms with Crippen LogP contribution in [0.3, 0.4) is 0 Å². The molecule has 1 fully saturated rings. The number of amides is 7. The van der Waals surface area contributed by atoms with E-state index >= 15 is 0 Å². The lowest BCUT2D eigenvalue weighted by Crippen LogP contribution is -2.61. The highest BCUT2D eigenvalue weighted by Gasteiger charge is 2.39. The number of carboxylic acids is 1. The van der Waals surface area contributed by atoms with Crippen molar-refractivity contribution in [2.75, 3.05) is 32.8 Å². The number of nitrogens with zero attached hydrogens (tertiary/aromatic N) is 3. The van der Waals surface area contributed by atoms with Crippen LogP contribution in [0.2, 0.25) is 0 Å². The monoisotopic (exact) mass is 923 g/mol. The number of carboxylic acid groups (broad SMARTS) is 1. The van der Waals surface area contributed by atoms with Crippen molar-refractivity contribution in [3.8, 4) is 0 Å². The Labute approximate surface area is 377 Å². The van der Waals surface area contributed by atoms with Crippen LogP contribution in [-0.2, 0) is 44.8 Å². The number of unbranched alkanes of at least 4 members (excludes halogenated alkanes) is 1. The van der Waals surface area contributed by atoms with Crippen molar-refractivity contribution in [2.45, 2.75) is 134 Å². The molecule has 0 saturated carbocycles. The molecule has 65 heavy (non-hydrogen) atoms. The second kappa shape index (κ2) is 28.1. The van der Waals surface area contributed by atoms with E-state index in [9.17, 15) is 53.7 Å². The van der Waals surface area contributed by atoms with Crippen LogP contribution in [0.5, 0.6) is 0 Å². The van der Waals surface area contributed by atoms with Gasteiger partial charge in [-0.2, -0.15) is 0 Å². The van der Waals surface area contributed by atoms with E-state index in [2.05, 4.69) is 46.9 Å². The molecule has 0 aromatic carbocycles. The lowest BCUT2D eigenvalue weighted by molar-refractivity contribution is -0.143. The summed E-state index contributed by atoms with van der Waals surface area (Å²) in [5.41, 5.74) is 23.5. The maximum atomic E-state index is 14.0. The maximum absolute atomic E-state index is 14.0. The summed E-state index contributed by atoms with van der Waals surface area (Å²) in [6, 6.07) is -10.4. The number of likely N-dealkylation sites (tertiary alicyclic amines) is 1. The van der Waals surface area contributed by atoms with Crippen LogP contribution in [0.1, 0.15) is 84.8 Å². The number of aliphatic hydroxyl groups is 2. The summed E-state index contributed by atoms with van der Waals surface area (Å²) in [5, 5.41) is 44.4.